The maximum atomic E-state index is 9.48. The van der Waals surface area contributed by atoms with Gasteiger partial charge in [-0.05, 0) is 60.6 Å². The fourth-order valence-corrected chi connectivity index (χ4v) is 5.14. The van der Waals surface area contributed by atoms with Crippen LogP contribution in [0.25, 0.3) is 27.8 Å². The van der Waals surface area contributed by atoms with Crippen molar-refractivity contribution in [3.8, 4) is 17.2 Å². The number of nitrogens with zero attached hydrogens (tertiary/aromatic N) is 5. The number of imidazole rings is 1. The molecule has 0 radical (unpaired) electrons. The summed E-state index contributed by atoms with van der Waals surface area (Å²) in [7, 11) is 0. The number of aromatic nitrogens is 4. The molecule has 0 spiro atoms. The summed E-state index contributed by atoms with van der Waals surface area (Å²) in [6, 6.07) is 21.6. The average Bonchev–Trinajstić information content (AvgIpc) is 3.81. The third-order valence-corrected chi connectivity index (χ3v) is 7.50. The Morgan fingerprint density at radius 2 is 1.61 bits per heavy atom. The first kappa shape index (κ1) is 18.5. The lowest BCUT2D eigenvalue weighted by atomic mass is 9.91. The molecule has 3 heterocycles. The molecule has 5 heteroatoms. The van der Waals surface area contributed by atoms with Crippen molar-refractivity contribution in [2.24, 2.45) is 0 Å². The standard InChI is InChI=1S/C28H21N5/c29-18-27(9-10-27)22-5-3-19(4-6-22)21-15-31-26-32-16-25(33(26)17-21)28(11-12-28)23-7-8-24-20(14-23)2-1-13-30-24/h1-8,13-17H,9-12H2. The molecule has 0 aliphatic heterocycles. The van der Waals surface area contributed by atoms with Crippen LogP contribution in [0.3, 0.4) is 0 Å². The van der Waals surface area contributed by atoms with Gasteiger partial charge < -0.3 is 0 Å². The maximum absolute atomic E-state index is 9.48. The molecule has 33 heavy (non-hydrogen) atoms. The van der Waals surface area contributed by atoms with E-state index in [1.54, 1.807) is 0 Å². The summed E-state index contributed by atoms with van der Waals surface area (Å²) in [6.45, 7) is 0. The number of nitriles is 1. The van der Waals surface area contributed by atoms with Crippen LogP contribution in [0, 0.1) is 11.3 Å². The first-order chi connectivity index (χ1) is 16.2. The minimum Gasteiger partial charge on any atom is -0.287 e. The summed E-state index contributed by atoms with van der Waals surface area (Å²) in [5, 5.41) is 10.6. The first-order valence-corrected chi connectivity index (χ1v) is 11.4. The Kier molecular flexibility index (Phi) is 3.64. The quantitative estimate of drug-likeness (QED) is 0.376. The van der Waals surface area contributed by atoms with E-state index in [9.17, 15) is 5.26 Å². The van der Waals surface area contributed by atoms with E-state index in [0.717, 1.165) is 53.7 Å². The summed E-state index contributed by atoms with van der Waals surface area (Å²) < 4.78 is 2.15. The van der Waals surface area contributed by atoms with Gasteiger partial charge in [0.05, 0.1) is 28.9 Å². The summed E-state index contributed by atoms with van der Waals surface area (Å²) in [6.07, 6.45) is 12.0. The number of benzene rings is 2. The molecule has 7 rings (SSSR count). The second kappa shape index (κ2) is 6.49. The minimum atomic E-state index is -0.258. The van der Waals surface area contributed by atoms with Crippen molar-refractivity contribution in [1.29, 1.82) is 5.26 Å². The molecule has 2 aliphatic carbocycles. The van der Waals surface area contributed by atoms with Crippen LogP contribution in [0.4, 0.5) is 0 Å². The van der Waals surface area contributed by atoms with E-state index < -0.39 is 0 Å². The monoisotopic (exact) mass is 427 g/mol. The van der Waals surface area contributed by atoms with Crippen LogP contribution in [0.1, 0.15) is 42.5 Å². The van der Waals surface area contributed by atoms with Crippen molar-refractivity contribution in [2.45, 2.75) is 36.5 Å². The van der Waals surface area contributed by atoms with Gasteiger partial charge in [0, 0.05) is 35.0 Å². The fourth-order valence-electron chi connectivity index (χ4n) is 5.14. The minimum absolute atomic E-state index is 0.0290. The summed E-state index contributed by atoms with van der Waals surface area (Å²) in [4.78, 5) is 13.7. The highest BCUT2D eigenvalue weighted by atomic mass is 15.1. The van der Waals surface area contributed by atoms with Gasteiger partial charge in [-0.15, -0.1) is 0 Å². The van der Waals surface area contributed by atoms with Crippen LogP contribution < -0.4 is 0 Å². The zero-order valence-electron chi connectivity index (χ0n) is 18.1. The number of pyridine rings is 1. The van der Waals surface area contributed by atoms with Crippen LogP contribution in [0.5, 0.6) is 0 Å². The molecule has 2 aliphatic rings. The fraction of sp³-hybridized carbons (Fsp3) is 0.214. The van der Waals surface area contributed by atoms with E-state index >= 15 is 0 Å². The second-order valence-electron chi connectivity index (χ2n) is 9.42. The molecular formula is C28H21N5. The van der Waals surface area contributed by atoms with Crippen molar-refractivity contribution in [3.05, 3.63) is 96.2 Å². The van der Waals surface area contributed by atoms with Crippen LogP contribution in [0.15, 0.2) is 79.4 Å². The van der Waals surface area contributed by atoms with E-state index in [0.29, 0.717) is 0 Å². The van der Waals surface area contributed by atoms with Crippen LogP contribution in [-0.2, 0) is 10.8 Å². The molecule has 158 valence electrons. The van der Waals surface area contributed by atoms with Gasteiger partial charge in [0.25, 0.3) is 0 Å². The predicted octanol–water partition coefficient (Wildman–Crippen LogP) is 5.58. The summed E-state index contributed by atoms with van der Waals surface area (Å²) in [5.74, 6) is 0.723. The molecule has 0 unspecified atom stereocenters. The Labute approximate surface area is 191 Å². The van der Waals surface area contributed by atoms with E-state index in [1.165, 1.54) is 16.6 Å². The van der Waals surface area contributed by atoms with E-state index in [4.69, 9.17) is 0 Å². The van der Waals surface area contributed by atoms with Crippen molar-refractivity contribution in [2.75, 3.05) is 0 Å². The third kappa shape index (κ3) is 2.74. The molecule has 2 fully saturated rings. The summed E-state index contributed by atoms with van der Waals surface area (Å²) >= 11 is 0. The molecule has 5 aromatic rings. The van der Waals surface area contributed by atoms with E-state index in [2.05, 4.69) is 80.1 Å². The largest absolute Gasteiger partial charge is 0.287 e. The molecule has 0 saturated heterocycles. The number of fused-ring (bicyclic) bond motifs is 2. The molecule has 0 atom stereocenters. The van der Waals surface area contributed by atoms with Crippen LogP contribution in [0.2, 0.25) is 0 Å². The summed E-state index contributed by atoms with van der Waals surface area (Å²) in [5.41, 5.74) is 6.50. The lowest BCUT2D eigenvalue weighted by Gasteiger charge is -2.17. The number of hydrogen-bond donors (Lipinski definition) is 0. The predicted molar refractivity (Wildman–Crippen MR) is 127 cm³/mol. The Bertz CT molecular complexity index is 1580. The molecule has 3 aromatic heterocycles. The van der Waals surface area contributed by atoms with E-state index in [1.807, 2.05) is 24.7 Å². The van der Waals surface area contributed by atoms with Crippen molar-refractivity contribution >= 4 is 16.7 Å². The van der Waals surface area contributed by atoms with Gasteiger partial charge in [0.2, 0.25) is 5.78 Å². The molecule has 2 saturated carbocycles. The Balaban J connectivity index is 1.30. The Hall–Kier alpha value is -4.04. The smallest absolute Gasteiger partial charge is 0.233 e. The van der Waals surface area contributed by atoms with Crippen molar-refractivity contribution in [3.63, 3.8) is 0 Å². The average molecular weight is 428 g/mol. The molecular weight excluding hydrogens is 406 g/mol. The van der Waals surface area contributed by atoms with Crippen LogP contribution in [-0.4, -0.2) is 19.4 Å². The number of hydrogen-bond acceptors (Lipinski definition) is 4. The molecule has 2 aromatic carbocycles. The van der Waals surface area contributed by atoms with Gasteiger partial charge in [-0.3, -0.25) is 9.38 Å². The Morgan fingerprint density at radius 3 is 2.36 bits per heavy atom. The SMILES string of the molecule is N#CC1(c2ccc(-c3cnc4ncc(C5(c6ccc7ncccc7c6)CC5)n4c3)cc2)CC1. The zero-order valence-corrected chi connectivity index (χ0v) is 18.1. The third-order valence-electron chi connectivity index (χ3n) is 7.50. The van der Waals surface area contributed by atoms with Gasteiger partial charge in [-0.1, -0.05) is 36.4 Å². The van der Waals surface area contributed by atoms with Gasteiger partial charge in [0.1, 0.15) is 0 Å². The topological polar surface area (TPSA) is 66.9 Å². The highest BCUT2D eigenvalue weighted by molar-refractivity contribution is 5.79. The normalized spacial score (nSPS) is 17.7. The molecule has 0 N–H and O–H groups in total. The second-order valence-corrected chi connectivity index (χ2v) is 9.42. The maximum Gasteiger partial charge on any atom is 0.233 e. The number of rotatable bonds is 4. The van der Waals surface area contributed by atoms with E-state index in [-0.39, 0.29) is 10.8 Å². The van der Waals surface area contributed by atoms with Gasteiger partial charge in [0.15, 0.2) is 0 Å². The first-order valence-electron chi connectivity index (χ1n) is 11.4. The van der Waals surface area contributed by atoms with Gasteiger partial charge in [-0.2, -0.15) is 5.26 Å². The molecule has 0 bridgehead atoms. The van der Waals surface area contributed by atoms with Crippen molar-refractivity contribution in [1.82, 2.24) is 19.4 Å². The lowest BCUT2D eigenvalue weighted by Crippen LogP contribution is -2.12. The zero-order chi connectivity index (χ0) is 22.0. The lowest BCUT2D eigenvalue weighted by molar-refractivity contribution is 0.788. The molecule has 5 nitrogen and oxygen atoms in total. The highest BCUT2D eigenvalue weighted by Gasteiger charge is 2.48. The Morgan fingerprint density at radius 1 is 0.818 bits per heavy atom. The van der Waals surface area contributed by atoms with Crippen molar-refractivity contribution < 1.29 is 0 Å². The van der Waals surface area contributed by atoms with Crippen LogP contribution >= 0.6 is 0 Å². The molecule has 0 amide bonds. The highest BCUT2D eigenvalue weighted by Crippen LogP contribution is 2.54. The van der Waals surface area contributed by atoms with Gasteiger partial charge >= 0.3 is 0 Å². The van der Waals surface area contributed by atoms with Gasteiger partial charge in [-0.25, -0.2) is 9.97 Å².